The molecule has 130 valence electrons. The van der Waals surface area contributed by atoms with E-state index in [0.29, 0.717) is 13.2 Å². The first-order valence-corrected chi connectivity index (χ1v) is 9.27. The molecule has 1 fully saturated rings. The maximum atomic E-state index is 11.7. The summed E-state index contributed by atoms with van der Waals surface area (Å²) in [5, 5.41) is -0.182. The molecular formula is C19H20N2O3S. The summed E-state index contributed by atoms with van der Waals surface area (Å²) in [4.78, 5) is 29.1. The lowest BCUT2D eigenvalue weighted by atomic mass is 10.1. The molecule has 0 bridgehead atoms. The normalized spacial score (nSPS) is 14.2. The summed E-state index contributed by atoms with van der Waals surface area (Å²) in [5.41, 5.74) is 3.18. The Morgan fingerprint density at radius 1 is 1.24 bits per heavy atom. The van der Waals surface area contributed by atoms with Crippen molar-refractivity contribution in [3.05, 3.63) is 59.4 Å². The second-order valence-electron chi connectivity index (χ2n) is 5.74. The van der Waals surface area contributed by atoms with Crippen LogP contribution in [0.15, 0.2) is 42.6 Å². The van der Waals surface area contributed by atoms with E-state index in [1.807, 2.05) is 30.3 Å². The van der Waals surface area contributed by atoms with Crippen LogP contribution in [0.5, 0.6) is 5.75 Å². The zero-order chi connectivity index (χ0) is 17.6. The summed E-state index contributed by atoms with van der Waals surface area (Å²) in [6.07, 6.45) is 3.50. The molecule has 0 atom stereocenters. The number of aryl methyl sites for hydroxylation is 1. The van der Waals surface area contributed by atoms with Gasteiger partial charge in [0.2, 0.25) is 5.91 Å². The van der Waals surface area contributed by atoms with Gasteiger partial charge in [-0.15, -0.1) is 0 Å². The molecule has 2 amide bonds. The Bertz CT molecular complexity index is 763. The van der Waals surface area contributed by atoms with Crippen LogP contribution in [0.1, 0.15) is 23.7 Å². The number of pyridine rings is 1. The minimum absolute atomic E-state index is 0.136. The minimum atomic E-state index is -0.182. The Balaban J connectivity index is 1.58. The van der Waals surface area contributed by atoms with Crippen molar-refractivity contribution in [1.29, 1.82) is 0 Å². The van der Waals surface area contributed by atoms with Gasteiger partial charge in [-0.2, -0.15) is 0 Å². The van der Waals surface area contributed by atoms with E-state index in [1.165, 1.54) is 10.5 Å². The van der Waals surface area contributed by atoms with Gasteiger partial charge in [0.25, 0.3) is 5.24 Å². The van der Waals surface area contributed by atoms with Crippen molar-refractivity contribution >= 4 is 22.9 Å². The third kappa shape index (κ3) is 4.39. The fourth-order valence-corrected chi connectivity index (χ4v) is 3.46. The monoisotopic (exact) mass is 356 g/mol. The Kier molecular flexibility index (Phi) is 5.71. The summed E-state index contributed by atoms with van der Waals surface area (Å²) in [7, 11) is 0. The molecule has 2 heterocycles. The highest BCUT2D eigenvalue weighted by Gasteiger charge is 2.29. The van der Waals surface area contributed by atoms with Gasteiger partial charge in [0.15, 0.2) is 0 Å². The van der Waals surface area contributed by atoms with Crippen molar-refractivity contribution in [2.75, 3.05) is 12.4 Å². The van der Waals surface area contributed by atoms with Gasteiger partial charge >= 0.3 is 0 Å². The topological polar surface area (TPSA) is 59.5 Å². The first-order valence-electron chi connectivity index (χ1n) is 8.29. The standard InChI is InChI=1S/C19H20N2O3S/c1-2-15-6-4-9-20-17(15)8-10-24-16-7-3-5-14(11-16)12-21-18(22)13-25-19(21)23/h3-7,9,11H,2,8,10,12-13H2,1H3. The second kappa shape index (κ2) is 8.16. The van der Waals surface area contributed by atoms with E-state index >= 15 is 0 Å². The summed E-state index contributed by atoms with van der Waals surface area (Å²) in [5.74, 6) is 0.834. The summed E-state index contributed by atoms with van der Waals surface area (Å²) in [6.45, 7) is 2.94. The summed E-state index contributed by atoms with van der Waals surface area (Å²) in [6, 6.07) is 11.6. The Labute approximate surface area is 151 Å². The molecule has 0 radical (unpaired) electrons. The number of hydrogen-bond acceptors (Lipinski definition) is 5. The first-order chi connectivity index (χ1) is 12.2. The Morgan fingerprint density at radius 2 is 2.12 bits per heavy atom. The molecule has 25 heavy (non-hydrogen) atoms. The lowest BCUT2D eigenvalue weighted by Crippen LogP contribution is -2.27. The van der Waals surface area contributed by atoms with Crippen LogP contribution in [0.2, 0.25) is 0 Å². The van der Waals surface area contributed by atoms with E-state index < -0.39 is 0 Å². The highest BCUT2D eigenvalue weighted by atomic mass is 32.2. The number of thioether (sulfide) groups is 1. The maximum Gasteiger partial charge on any atom is 0.289 e. The number of rotatable bonds is 7. The van der Waals surface area contributed by atoms with Crippen molar-refractivity contribution in [3.63, 3.8) is 0 Å². The SMILES string of the molecule is CCc1cccnc1CCOc1cccc(CN2C(=O)CSC2=O)c1. The Hall–Kier alpha value is -2.34. The summed E-state index contributed by atoms with van der Waals surface area (Å²) < 4.78 is 5.83. The van der Waals surface area contributed by atoms with Crippen LogP contribution in [0, 0.1) is 0 Å². The van der Waals surface area contributed by atoms with Gasteiger partial charge in [-0.1, -0.05) is 36.9 Å². The Morgan fingerprint density at radius 3 is 2.88 bits per heavy atom. The lowest BCUT2D eigenvalue weighted by Gasteiger charge is -2.14. The molecular weight excluding hydrogens is 336 g/mol. The van der Waals surface area contributed by atoms with Gasteiger partial charge in [-0.25, -0.2) is 0 Å². The van der Waals surface area contributed by atoms with Crippen LogP contribution >= 0.6 is 11.8 Å². The van der Waals surface area contributed by atoms with E-state index in [2.05, 4.69) is 18.0 Å². The van der Waals surface area contributed by atoms with Gasteiger partial charge in [-0.3, -0.25) is 19.5 Å². The van der Waals surface area contributed by atoms with Crippen molar-refractivity contribution in [2.45, 2.75) is 26.3 Å². The van der Waals surface area contributed by atoms with E-state index in [9.17, 15) is 9.59 Å². The number of benzene rings is 1. The zero-order valence-corrected chi connectivity index (χ0v) is 14.9. The molecule has 0 saturated carbocycles. The van der Waals surface area contributed by atoms with Gasteiger partial charge in [0.1, 0.15) is 5.75 Å². The predicted octanol–water partition coefficient (Wildman–Crippen LogP) is 3.46. The molecule has 1 saturated heterocycles. The smallest absolute Gasteiger partial charge is 0.289 e. The molecule has 3 rings (SSSR count). The molecule has 1 aromatic carbocycles. The van der Waals surface area contributed by atoms with Gasteiger partial charge in [-0.05, 0) is 35.7 Å². The van der Waals surface area contributed by atoms with Crippen LogP contribution in [0.25, 0.3) is 0 Å². The number of carbonyl (C=O) groups excluding carboxylic acids is 2. The third-order valence-corrected chi connectivity index (χ3v) is 4.91. The van der Waals surface area contributed by atoms with Crippen molar-refractivity contribution in [1.82, 2.24) is 9.88 Å². The molecule has 5 nitrogen and oxygen atoms in total. The number of ether oxygens (including phenoxy) is 1. The van der Waals surface area contributed by atoms with E-state index in [4.69, 9.17) is 4.74 Å². The molecule has 6 heteroatoms. The highest BCUT2D eigenvalue weighted by Crippen LogP contribution is 2.23. The van der Waals surface area contributed by atoms with Gasteiger partial charge in [0, 0.05) is 18.3 Å². The third-order valence-electron chi connectivity index (χ3n) is 4.05. The highest BCUT2D eigenvalue weighted by molar-refractivity contribution is 8.14. The number of imide groups is 1. The molecule has 0 spiro atoms. The lowest BCUT2D eigenvalue weighted by molar-refractivity contribution is -0.125. The van der Waals surface area contributed by atoms with Crippen molar-refractivity contribution < 1.29 is 14.3 Å². The van der Waals surface area contributed by atoms with E-state index in [1.54, 1.807) is 6.20 Å². The average Bonchev–Trinajstić information content (AvgIpc) is 2.94. The van der Waals surface area contributed by atoms with Crippen LogP contribution in [0.3, 0.4) is 0 Å². The fraction of sp³-hybridized carbons (Fsp3) is 0.316. The predicted molar refractivity (Wildman–Crippen MR) is 97.7 cm³/mol. The number of aromatic nitrogens is 1. The number of nitrogens with zero attached hydrogens (tertiary/aromatic N) is 2. The average molecular weight is 356 g/mol. The van der Waals surface area contributed by atoms with Gasteiger partial charge < -0.3 is 4.74 Å². The molecule has 1 aliphatic rings. The maximum absolute atomic E-state index is 11.7. The number of carbonyl (C=O) groups is 2. The van der Waals surface area contributed by atoms with Gasteiger partial charge in [0.05, 0.1) is 18.9 Å². The number of amides is 2. The molecule has 0 N–H and O–H groups in total. The molecule has 1 aromatic heterocycles. The van der Waals surface area contributed by atoms with Crippen LogP contribution < -0.4 is 4.74 Å². The minimum Gasteiger partial charge on any atom is -0.493 e. The largest absolute Gasteiger partial charge is 0.493 e. The van der Waals surface area contributed by atoms with Crippen molar-refractivity contribution in [3.8, 4) is 5.75 Å². The van der Waals surface area contributed by atoms with Crippen LogP contribution in [-0.4, -0.2) is 33.4 Å². The number of hydrogen-bond donors (Lipinski definition) is 0. The van der Waals surface area contributed by atoms with Crippen LogP contribution in [-0.2, 0) is 24.2 Å². The second-order valence-corrected chi connectivity index (χ2v) is 6.67. The zero-order valence-electron chi connectivity index (χ0n) is 14.1. The molecule has 0 aliphatic carbocycles. The quantitative estimate of drug-likeness (QED) is 0.760. The molecule has 2 aromatic rings. The van der Waals surface area contributed by atoms with E-state index in [-0.39, 0.29) is 16.9 Å². The summed E-state index contributed by atoms with van der Waals surface area (Å²) >= 11 is 1.05. The fourth-order valence-electron chi connectivity index (χ4n) is 2.73. The molecule has 0 unspecified atom stereocenters. The van der Waals surface area contributed by atoms with Crippen molar-refractivity contribution in [2.24, 2.45) is 0 Å². The van der Waals surface area contributed by atoms with E-state index in [0.717, 1.165) is 41.6 Å². The van der Waals surface area contributed by atoms with Crippen LogP contribution in [0.4, 0.5) is 4.79 Å². The molecule has 1 aliphatic heterocycles. The first kappa shape index (κ1) is 17.5.